The van der Waals surface area contributed by atoms with Crippen LogP contribution in [-0.4, -0.2) is 29.3 Å². The number of hydrogen-bond donors (Lipinski definition) is 3. The van der Waals surface area contributed by atoms with Gasteiger partial charge >= 0.3 is 5.97 Å². The van der Waals surface area contributed by atoms with Gasteiger partial charge in [0.25, 0.3) is 0 Å². The number of hydrogen-bond acceptors (Lipinski definition) is 3. The van der Waals surface area contributed by atoms with Gasteiger partial charge in [0.2, 0.25) is 0 Å². The van der Waals surface area contributed by atoms with E-state index in [4.69, 9.17) is 5.11 Å². The molecule has 0 heterocycles. The fourth-order valence-electron chi connectivity index (χ4n) is 2.44. The third kappa shape index (κ3) is 2.40. The molecule has 1 saturated carbocycles. The fraction of sp³-hybridized carbons (Fsp3) is 0.500. The number of nitrogens with one attached hydrogen (secondary N) is 1. The molecule has 1 fully saturated rings. The number of aliphatic carboxylic acids is 1. The number of carboxylic acid groups (broad SMARTS) is 1. The molecule has 0 saturated heterocycles. The van der Waals surface area contributed by atoms with Crippen LogP contribution in [0, 0.1) is 5.92 Å². The molecule has 1 atom stereocenters. The second-order valence-corrected chi connectivity index (χ2v) is 4.76. The first kappa shape index (κ1) is 13.1. The molecule has 1 aromatic carbocycles. The standard InChI is InChI=1S/C14H19NO3/c16-10-4-9-15-14(13(17)18,12-7-8-12)11-5-2-1-3-6-11/h1-3,5-6,12,15-16H,4,7-10H2,(H,17,18). The van der Waals surface area contributed by atoms with E-state index in [2.05, 4.69) is 5.32 Å². The predicted molar refractivity (Wildman–Crippen MR) is 68.2 cm³/mol. The van der Waals surface area contributed by atoms with Gasteiger partial charge in [-0.2, -0.15) is 0 Å². The van der Waals surface area contributed by atoms with Crippen LogP contribution in [-0.2, 0) is 10.3 Å². The molecular formula is C14H19NO3. The minimum atomic E-state index is -0.990. The van der Waals surface area contributed by atoms with E-state index in [0.717, 1.165) is 18.4 Å². The first-order valence-electron chi connectivity index (χ1n) is 6.36. The largest absolute Gasteiger partial charge is 0.480 e. The molecule has 1 unspecified atom stereocenters. The summed E-state index contributed by atoms with van der Waals surface area (Å²) in [4.78, 5) is 11.8. The summed E-state index contributed by atoms with van der Waals surface area (Å²) in [6.45, 7) is 0.580. The van der Waals surface area contributed by atoms with Gasteiger partial charge in [-0.05, 0) is 37.3 Å². The van der Waals surface area contributed by atoms with Gasteiger partial charge in [0.05, 0.1) is 0 Å². The lowest BCUT2D eigenvalue weighted by Gasteiger charge is -2.31. The summed E-state index contributed by atoms with van der Waals surface area (Å²) in [6, 6.07) is 9.33. The summed E-state index contributed by atoms with van der Waals surface area (Å²) in [5.41, 5.74) is -0.186. The zero-order valence-corrected chi connectivity index (χ0v) is 10.3. The molecule has 18 heavy (non-hydrogen) atoms. The summed E-state index contributed by atoms with van der Waals surface area (Å²) in [5.74, 6) is -0.676. The van der Waals surface area contributed by atoms with Crippen molar-refractivity contribution in [2.24, 2.45) is 5.92 Å². The Labute approximate surface area is 107 Å². The second-order valence-electron chi connectivity index (χ2n) is 4.76. The van der Waals surface area contributed by atoms with Crippen molar-refractivity contribution in [3.63, 3.8) is 0 Å². The molecule has 1 aromatic rings. The lowest BCUT2D eigenvalue weighted by molar-refractivity contribution is -0.146. The van der Waals surface area contributed by atoms with Gasteiger partial charge in [0.15, 0.2) is 0 Å². The van der Waals surface area contributed by atoms with Crippen molar-refractivity contribution in [2.75, 3.05) is 13.2 Å². The van der Waals surface area contributed by atoms with Crippen LogP contribution in [0.25, 0.3) is 0 Å². The lowest BCUT2D eigenvalue weighted by atomic mass is 9.84. The zero-order chi connectivity index (χ0) is 13.0. The highest BCUT2D eigenvalue weighted by Gasteiger charge is 2.52. The third-order valence-corrected chi connectivity index (χ3v) is 3.49. The van der Waals surface area contributed by atoms with Gasteiger partial charge in [-0.3, -0.25) is 5.32 Å². The molecule has 0 amide bonds. The Bertz CT molecular complexity index is 403. The SMILES string of the molecule is O=C(O)C(NCCCO)(c1ccccc1)C1CC1. The van der Waals surface area contributed by atoms with Crippen LogP contribution in [0.2, 0.25) is 0 Å². The highest BCUT2D eigenvalue weighted by Crippen LogP contribution is 2.46. The summed E-state index contributed by atoms with van der Waals surface area (Å²) < 4.78 is 0. The van der Waals surface area contributed by atoms with Crippen molar-refractivity contribution in [1.82, 2.24) is 5.32 Å². The van der Waals surface area contributed by atoms with Crippen molar-refractivity contribution in [2.45, 2.75) is 24.8 Å². The molecule has 0 aliphatic heterocycles. The van der Waals surface area contributed by atoms with Crippen molar-refractivity contribution in [3.8, 4) is 0 Å². The highest BCUT2D eigenvalue weighted by molar-refractivity contribution is 5.81. The summed E-state index contributed by atoms with van der Waals surface area (Å²) >= 11 is 0. The maximum atomic E-state index is 11.8. The van der Waals surface area contributed by atoms with E-state index < -0.39 is 11.5 Å². The Morgan fingerprint density at radius 2 is 2.00 bits per heavy atom. The number of carboxylic acids is 1. The number of rotatable bonds is 7. The van der Waals surface area contributed by atoms with Crippen LogP contribution in [0.5, 0.6) is 0 Å². The van der Waals surface area contributed by atoms with Crippen molar-refractivity contribution >= 4 is 5.97 Å². The zero-order valence-electron chi connectivity index (χ0n) is 10.3. The minimum Gasteiger partial charge on any atom is -0.480 e. The molecule has 0 aromatic heterocycles. The molecule has 0 bridgehead atoms. The van der Waals surface area contributed by atoms with Crippen LogP contribution in [0.15, 0.2) is 30.3 Å². The second kappa shape index (κ2) is 5.50. The van der Waals surface area contributed by atoms with E-state index in [9.17, 15) is 9.90 Å². The quantitative estimate of drug-likeness (QED) is 0.638. The molecular weight excluding hydrogens is 230 g/mol. The van der Waals surface area contributed by atoms with Crippen LogP contribution in [0.3, 0.4) is 0 Å². The first-order valence-corrected chi connectivity index (χ1v) is 6.36. The molecule has 98 valence electrons. The smallest absolute Gasteiger partial charge is 0.328 e. The summed E-state index contributed by atoms with van der Waals surface area (Å²) in [6.07, 6.45) is 2.44. The van der Waals surface area contributed by atoms with Gasteiger partial charge in [-0.25, -0.2) is 4.79 Å². The van der Waals surface area contributed by atoms with E-state index in [1.807, 2.05) is 30.3 Å². The van der Waals surface area contributed by atoms with Crippen molar-refractivity contribution < 1.29 is 15.0 Å². The molecule has 3 N–H and O–H groups in total. The summed E-state index contributed by atoms with van der Waals surface area (Å²) in [7, 11) is 0. The molecule has 0 spiro atoms. The topological polar surface area (TPSA) is 69.6 Å². The van der Waals surface area contributed by atoms with Crippen LogP contribution < -0.4 is 5.32 Å². The van der Waals surface area contributed by atoms with Crippen LogP contribution in [0.4, 0.5) is 0 Å². The number of aliphatic hydroxyl groups excluding tert-OH is 1. The highest BCUT2D eigenvalue weighted by atomic mass is 16.4. The Hall–Kier alpha value is -1.39. The van der Waals surface area contributed by atoms with E-state index in [1.54, 1.807) is 0 Å². The molecule has 0 radical (unpaired) electrons. The minimum absolute atomic E-state index is 0.0716. The number of aliphatic hydroxyl groups is 1. The molecule has 4 heteroatoms. The van der Waals surface area contributed by atoms with Gasteiger partial charge < -0.3 is 10.2 Å². The normalized spacial score (nSPS) is 18.3. The molecule has 1 aliphatic carbocycles. The Morgan fingerprint density at radius 3 is 2.50 bits per heavy atom. The predicted octanol–water partition coefficient (Wildman–Crippen LogP) is 1.35. The average Bonchev–Trinajstić information content (AvgIpc) is 3.20. The average molecular weight is 249 g/mol. The lowest BCUT2D eigenvalue weighted by Crippen LogP contribution is -2.51. The van der Waals surface area contributed by atoms with Gasteiger partial charge in [-0.15, -0.1) is 0 Å². The maximum absolute atomic E-state index is 11.8. The van der Waals surface area contributed by atoms with Gasteiger partial charge in [0.1, 0.15) is 5.54 Å². The van der Waals surface area contributed by atoms with Crippen LogP contribution >= 0.6 is 0 Å². The van der Waals surface area contributed by atoms with Crippen molar-refractivity contribution in [1.29, 1.82) is 0 Å². The van der Waals surface area contributed by atoms with Gasteiger partial charge in [-0.1, -0.05) is 30.3 Å². The summed E-state index contributed by atoms with van der Waals surface area (Å²) in [5, 5.41) is 21.7. The van der Waals surface area contributed by atoms with Crippen molar-refractivity contribution in [3.05, 3.63) is 35.9 Å². The van der Waals surface area contributed by atoms with E-state index >= 15 is 0 Å². The van der Waals surface area contributed by atoms with Gasteiger partial charge in [0, 0.05) is 6.61 Å². The number of carbonyl (C=O) groups is 1. The molecule has 2 rings (SSSR count). The van der Waals surface area contributed by atoms with E-state index in [1.165, 1.54) is 0 Å². The third-order valence-electron chi connectivity index (χ3n) is 3.49. The monoisotopic (exact) mass is 249 g/mol. The first-order chi connectivity index (χ1) is 8.71. The Morgan fingerprint density at radius 1 is 1.33 bits per heavy atom. The van der Waals surface area contributed by atoms with E-state index in [0.29, 0.717) is 13.0 Å². The Balaban J connectivity index is 2.28. The van der Waals surface area contributed by atoms with Crippen LogP contribution in [0.1, 0.15) is 24.8 Å². The fourth-order valence-corrected chi connectivity index (χ4v) is 2.44. The number of benzene rings is 1. The molecule has 1 aliphatic rings. The Kier molecular flexibility index (Phi) is 3.99. The molecule has 4 nitrogen and oxygen atoms in total. The van der Waals surface area contributed by atoms with E-state index in [-0.39, 0.29) is 12.5 Å². The maximum Gasteiger partial charge on any atom is 0.328 e.